The predicted molar refractivity (Wildman–Crippen MR) is 74.7 cm³/mol. The lowest BCUT2D eigenvalue weighted by atomic mass is 10.2. The number of rotatable bonds is 3. The molecule has 1 aromatic heterocycles. The summed E-state index contributed by atoms with van der Waals surface area (Å²) < 4.78 is 1.61. The third kappa shape index (κ3) is 2.69. The molecule has 0 aliphatic rings. The van der Waals surface area contributed by atoms with E-state index in [1.54, 1.807) is 16.8 Å². The highest BCUT2D eigenvalue weighted by Gasteiger charge is 2.15. The van der Waals surface area contributed by atoms with Crippen LogP contribution in [-0.2, 0) is 13.0 Å². The Bertz CT molecular complexity index is 658. The summed E-state index contributed by atoms with van der Waals surface area (Å²) in [6.45, 7) is 2.26. The summed E-state index contributed by atoms with van der Waals surface area (Å²) in [6, 6.07) is 5.32. The first kappa shape index (κ1) is 14.1. The summed E-state index contributed by atoms with van der Waals surface area (Å²) >= 11 is 18.2. The molecule has 0 unspecified atom stereocenters. The molecule has 19 heavy (non-hydrogen) atoms. The Morgan fingerprint density at radius 3 is 2.58 bits per heavy atom. The topological polar surface area (TPSA) is 54.5 Å². The fourth-order valence-electron chi connectivity index (χ4n) is 1.76. The zero-order valence-corrected chi connectivity index (χ0v) is 12.3. The standard InChI is InChI=1S/C12H9Cl3N4/c1-2-11-10(5-16)17-18-19(11)6-7-8(13)3-4-9(14)12(7)15/h3-4H,2,6H2,1H3. The summed E-state index contributed by atoms with van der Waals surface area (Å²) in [6.07, 6.45) is 0.645. The van der Waals surface area contributed by atoms with Gasteiger partial charge in [-0.3, -0.25) is 0 Å². The number of halogens is 3. The van der Waals surface area contributed by atoms with Crippen molar-refractivity contribution in [3.63, 3.8) is 0 Å². The molecule has 1 heterocycles. The molecular weight excluding hydrogens is 307 g/mol. The lowest BCUT2D eigenvalue weighted by Gasteiger charge is -2.10. The second-order valence-electron chi connectivity index (χ2n) is 3.83. The van der Waals surface area contributed by atoms with Crippen LogP contribution in [0, 0.1) is 11.3 Å². The van der Waals surface area contributed by atoms with E-state index in [0.29, 0.717) is 39.3 Å². The molecule has 0 aliphatic heterocycles. The maximum atomic E-state index is 8.94. The number of hydrogen-bond donors (Lipinski definition) is 0. The molecular formula is C12H9Cl3N4. The Morgan fingerprint density at radius 2 is 1.95 bits per heavy atom. The second kappa shape index (κ2) is 5.79. The molecule has 0 fully saturated rings. The van der Waals surface area contributed by atoms with Gasteiger partial charge in [-0.15, -0.1) is 5.10 Å². The summed E-state index contributed by atoms with van der Waals surface area (Å²) in [5.41, 5.74) is 1.73. The second-order valence-corrected chi connectivity index (χ2v) is 5.02. The first-order chi connectivity index (χ1) is 9.08. The van der Waals surface area contributed by atoms with Gasteiger partial charge in [0.2, 0.25) is 0 Å². The largest absolute Gasteiger partial charge is 0.243 e. The highest BCUT2D eigenvalue weighted by molar-refractivity contribution is 6.44. The fraction of sp³-hybridized carbons (Fsp3) is 0.250. The summed E-state index contributed by atoms with van der Waals surface area (Å²) in [4.78, 5) is 0. The molecule has 0 spiro atoms. The minimum Gasteiger partial charge on any atom is -0.243 e. The normalized spacial score (nSPS) is 10.5. The lowest BCUT2D eigenvalue weighted by Crippen LogP contribution is -2.07. The monoisotopic (exact) mass is 314 g/mol. The van der Waals surface area contributed by atoms with Crippen LogP contribution in [-0.4, -0.2) is 15.0 Å². The third-order valence-electron chi connectivity index (χ3n) is 2.73. The fourth-order valence-corrected chi connectivity index (χ4v) is 2.43. The van der Waals surface area contributed by atoms with Crippen molar-refractivity contribution in [2.45, 2.75) is 19.9 Å². The number of nitriles is 1. The molecule has 1 aromatic carbocycles. The molecule has 0 N–H and O–H groups in total. The first-order valence-corrected chi connectivity index (χ1v) is 6.66. The zero-order chi connectivity index (χ0) is 14.0. The van der Waals surface area contributed by atoms with Gasteiger partial charge in [0.25, 0.3) is 0 Å². The molecule has 0 bridgehead atoms. The lowest BCUT2D eigenvalue weighted by molar-refractivity contribution is 0.622. The molecule has 0 amide bonds. The van der Waals surface area contributed by atoms with Crippen molar-refractivity contribution in [2.75, 3.05) is 0 Å². The van der Waals surface area contributed by atoms with E-state index in [2.05, 4.69) is 10.3 Å². The van der Waals surface area contributed by atoms with E-state index >= 15 is 0 Å². The van der Waals surface area contributed by atoms with Gasteiger partial charge in [0.15, 0.2) is 5.69 Å². The van der Waals surface area contributed by atoms with Crippen LogP contribution in [0.1, 0.15) is 23.9 Å². The minimum absolute atomic E-state index is 0.316. The highest BCUT2D eigenvalue weighted by Crippen LogP contribution is 2.32. The number of nitrogens with zero attached hydrogens (tertiary/aromatic N) is 4. The average molecular weight is 316 g/mol. The van der Waals surface area contributed by atoms with Gasteiger partial charge in [0.05, 0.1) is 22.3 Å². The maximum Gasteiger partial charge on any atom is 0.185 e. The maximum absolute atomic E-state index is 8.94. The Labute approximate surface area is 125 Å². The predicted octanol–water partition coefficient (Wildman–Crippen LogP) is 3.72. The van der Waals surface area contributed by atoms with Crippen LogP contribution in [0.3, 0.4) is 0 Å². The quantitative estimate of drug-likeness (QED) is 0.811. The number of benzene rings is 1. The average Bonchev–Trinajstić information content (AvgIpc) is 2.81. The Morgan fingerprint density at radius 1 is 1.26 bits per heavy atom. The van der Waals surface area contributed by atoms with E-state index in [1.165, 1.54) is 0 Å². The van der Waals surface area contributed by atoms with E-state index < -0.39 is 0 Å². The minimum atomic E-state index is 0.316. The Kier molecular flexibility index (Phi) is 4.31. The van der Waals surface area contributed by atoms with Crippen LogP contribution in [0.5, 0.6) is 0 Å². The van der Waals surface area contributed by atoms with Gasteiger partial charge >= 0.3 is 0 Å². The number of aromatic nitrogens is 3. The first-order valence-electron chi connectivity index (χ1n) is 5.53. The Balaban J connectivity index is 2.45. The van der Waals surface area contributed by atoms with Crippen LogP contribution < -0.4 is 0 Å². The van der Waals surface area contributed by atoms with E-state index in [4.69, 9.17) is 40.1 Å². The van der Waals surface area contributed by atoms with Gasteiger partial charge < -0.3 is 0 Å². The van der Waals surface area contributed by atoms with Crippen molar-refractivity contribution in [2.24, 2.45) is 0 Å². The van der Waals surface area contributed by atoms with Crippen molar-refractivity contribution in [3.05, 3.63) is 44.2 Å². The molecule has 0 atom stereocenters. The van der Waals surface area contributed by atoms with Crippen molar-refractivity contribution < 1.29 is 0 Å². The molecule has 7 heteroatoms. The van der Waals surface area contributed by atoms with Crippen LogP contribution in [0.25, 0.3) is 0 Å². The number of hydrogen-bond acceptors (Lipinski definition) is 3. The molecule has 4 nitrogen and oxygen atoms in total. The van der Waals surface area contributed by atoms with Crippen LogP contribution in [0.2, 0.25) is 15.1 Å². The summed E-state index contributed by atoms with van der Waals surface area (Å²) in [5.74, 6) is 0. The van der Waals surface area contributed by atoms with Crippen molar-refractivity contribution in [1.82, 2.24) is 15.0 Å². The smallest absolute Gasteiger partial charge is 0.185 e. The van der Waals surface area contributed by atoms with E-state index in [-0.39, 0.29) is 0 Å². The van der Waals surface area contributed by atoms with Gasteiger partial charge in [-0.05, 0) is 18.6 Å². The molecule has 0 saturated carbocycles. The molecule has 2 aromatic rings. The summed E-state index contributed by atoms with van der Waals surface area (Å²) in [5, 5.41) is 18.0. The molecule has 0 radical (unpaired) electrons. The Hall–Kier alpha value is -1.28. The van der Waals surface area contributed by atoms with Crippen LogP contribution in [0.4, 0.5) is 0 Å². The van der Waals surface area contributed by atoms with Gasteiger partial charge in [-0.2, -0.15) is 5.26 Å². The highest BCUT2D eigenvalue weighted by atomic mass is 35.5. The SMILES string of the molecule is CCc1c(C#N)nnn1Cc1c(Cl)ccc(Cl)c1Cl. The zero-order valence-electron chi connectivity index (χ0n) is 9.99. The summed E-state index contributed by atoms with van der Waals surface area (Å²) in [7, 11) is 0. The van der Waals surface area contributed by atoms with Crippen molar-refractivity contribution in [1.29, 1.82) is 5.26 Å². The van der Waals surface area contributed by atoms with E-state index in [0.717, 1.165) is 5.69 Å². The van der Waals surface area contributed by atoms with Crippen LogP contribution >= 0.6 is 34.8 Å². The van der Waals surface area contributed by atoms with E-state index in [9.17, 15) is 0 Å². The van der Waals surface area contributed by atoms with E-state index in [1.807, 2.05) is 13.0 Å². The van der Waals surface area contributed by atoms with Gasteiger partial charge in [0.1, 0.15) is 6.07 Å². The van der Waals surface area contributed by atoms with Crippen LogP contribution in [0.15, 0.2) is 12.1 Å². The molecule has 2 rings (SSSR count). The van der Waals surface area contributed by atoms with Crippen molar-refractivity contribution in [3.8, 4) is 6.07 Å². The van der Waals surface area contributed by atoms with Gasteiger partial charge in [-0.1, -0.05) is 46.9 Å². The van der Waals surface area contributed by atoms with Gasteiger partial charge in [0, 0.05) is 10.6 Å². The molecule has 0 aliphatic carbocycles. The third-order valence-corrected chi connectivity index (χ3v) is 3.92. The van der Waals surface area contributed by atoms with Crippen molar-refractivity contribution >= 4 is 34.8 Å². The van der Waals surface area contributed by atoms with Gasteiger partial charge in [-0.25, -0.2) is 4.68 Å². The molecule has 0 saturated heterocycles. The molecule has 98 valence electrons.